The molecule has 2 fully saturated rings. The third-order valence-electron chi connectivity index (χ3n) is 4.62. The van der Waals surface area contributed by atoms with Crippen molar-refractivity contribution in [1.29, 1.82) is 0 Å². The van der Waals surface area contributed by atoms with Crippen LogP contribution in [0.3, 0.4) is 0 Å². The average molecular weight is 317 g/mol. The lowest BCUT2D eigenvalue weighted by atomic mass is 9.94. The summed E-state index contributed by atoms with van der Waals surface area (Å²) >= 11 is 0. The van der Waals surface area contributed by atoms with Crippen LogP contribution in [0.5, 0.6) is 0 Å². The van der Waals surface area contributed by atoms with E-state index in [1.807, 2.05) is 4.90 Å². The summed E-state index contributed by atoms with van der Waals surface area (Å²) in [5.74, 6) is 0.647. The van der Waals surface area contributed by atoms with E-state index in [9.17, 15) is 13.2 Å². The summed E-state index contributed by atoms with van der Waals surface area (Å²) in [5.41, 5.74) is 0. The normalized spacial score (nSPS) is 26.3. The van der Waals surface area contributed by atoms with Crippen LogP contribution < -0.4 is 0 Å². The van der Waals surface area contributed by atoms with Gasteiger partial charge in [0, 0.05) is 40.3 Å². The van der Waals surface area contributed by atoms with Gasteiger partial charge in [0.05, 0.1) is 5.92 Å². The van der Waals surface area contributed by atoms with Crippen molar-refractivity contribution in [1.82, 2.24) is 13.5 Å². The average Bonchev–Trinajstić information content (AvgIpc) is 2.47. The SMILES string of the molecule is CC1CCN(C(=O)C2CCCN(S(=O)(=O)N(C)C)C2)CC1. The Morgan fingerprint density at radius 2 is 1.71 bits per heavy atom. The fourth-order valence-corrected chi connectivity index (χ4v) is 4.26. The number of likely N-dealkylation sites (tertiary alicyclic amines) is 1. The zero-order valence-corrected chi connectivity index (χ0v) is 14.1. The van der Waals surface area contributed by atoms with Crippen LogP contribution in [-0.4, -0.2) is 68.1 Å². The number of rotatable bonds is 3. The largest absolute Gasteiger partial charge is 0.342 e. The molecule has 1 atom stereocenters. The predicted octanol–water partition coefficient (Wildman–Crippen LogP) is 0.763. The van der Waals surface area contributed by atoms with Crippen molar-refractivity contribution in [3.63, 3.8) is 0 Å². The molecule has 122 valence electrons. The van der Waals surface area contributed by atoms with Gasteiger partial charge < -0.3 is 4.90 Å². The van der Waals surface area contributed by atoms with Gasteiger partial charge in [-0.05, 0) is 31.6 Å². The molecule has 2 rings (SSSR count). The second kappa shape index (κ2) is 6.62. The Morgan fingerprint density at radius 1 is 1.10 bits per heavy atom. The van der Waals surface area contributed by atoms with Crippen molar-refractivity contribution >= 4 is 16.1 Å². The van der Waals surface area contributed by atoms with E-state index in [1.165, 1.54) is 22.7 Å². The van der Waals surface area contributed by atoms with Crippen molar-refractivity contribution in [2.75, 3.05) is 40.3 Å². The quantitative estimate of drug-likeness (QED) is 0.772. The minimum Gasteiger partial charge on any atom is -0.342 e. The first-order chi connectivity index (χ1) is 9.82. The molecule has 0 N–H and O–H groups in total. The second-order valence-electron chi connectivity index (χ2n) is 6.50. The zero-order chi connectivity index (χ0) is 15.6. The molecule has 21 heavy (non-hydrogen) atoms. The molecule has 0 aromatic heterocycles. The molecule has 0 spiro atoms. The maximum atomic E-state index is 12.6. The van der Waals surface area contributed by atoms with Gasteiger partial charge in [-0.25, -0.2) is 0 Å². The van der Waals surface area contributed by atoms with Gasteiger partial charge in [-0.3, -0.25) is 4.79 Å². The van der Waals surface area contributed by atoms with Crippen molar-refractivity contribution in [2.24, 2.45) is 11.8 Å². The number of amides is 1. The standard InChI is InChI=1S/C14H27N3O3S/c1-12-6-9-16(10-7-12)14(18)13-5-4-8-17(11-13)21(19,20)15(2)3/h12-13H,4-11H2,1-3H3. The topological polar surface area (TPSA) is 60.9 Å². The third-order valence-corrected chi connectivity index (χ3v) is 6.52. The van der Waals surface area contributed by atoms with Crippen LogP contribution in [0.1, 0.15) is 32.6 Å². The molecule has 7 heteroatoms. The van der Waals surface area contributed by atoms with E-state index in [0.717, 1.165) is 38.8 Å². The first-order valence-corrected chi connectivity index (χ1v) is 9.18. The molecule has 2 aliphatic heterocycles. The smallest absolute Gasteiger partial charge is 0.281 e. The molecule has 1 amide bonds. The number of hydrogen-bond donors (Lipinski definition) is 0. The minimum atomic E-state index is -3.41. The van der Waals surface area contributed by atoms with Crippen molar-refractivity contribution in [3.05, 3.63) is 0 Å². The molecular formula is C14H27N3O3S. The van der Waals surface area contributed by atoms with E-state index in [-0.39, 0.29) is 11.8 Å². The number of hydrogen-bond acceptors (Lipinski definition) is 3. The molecule has 0 bridgehead atoms. The number of piperidine rings is 2. The lowest BCUT2D eigenvalue weighted by Gasteiger charge is -2.37. The van der Waals surface area contributed by atoms with Crippen LogP contribution in [0.15, 0.2) is 0 Å². The third kappa shape index (κ3) is 3.76. The van der Waals surface area contributed by atoms with Crippen LogP contribution in [0.4, 0.5) is 0 Å². The van der Waals surface area contributed by atoms with Crippen LogP contribution in [0, 0.1) is 11.8 Å². The van der Waals surface area contributed by atoms with Gasteiger partial charge in [-0.2, -0.15) is 17.0 Å². The van der Waals surface area contributed by atoms with Gasteiger partial charge in [0.25, 0.3) is 10.2 Å². The molecule has 1 unspecified atom stereocenters. The lowest BCUT2D eigenvalue weighted by molar-refractivity contribution is -0.138. The Labute approximate surface area is 128 Å². The number of carbonyl (C=O) groups is 1. The molecule has 0 aromatic carbocycles. The van der Waals surface area contributed by atoms with Gasteiger partial charge in [-0.15, -0.1) is 0 Å². The highest BCUT2D eigenvalue weighted by atomic mass is 32.2. The van der Waals surface area contributed by atoms with E-state index in [4.69, 9.17) is 0 Å². The van der Waals surface area contributed by atoms with Crippen LogP contribution in [0.25, 0.3) is 0 Å². The maximum absolute atomic E-state index is 12.6. The molecule has 0 radical (unpaired) electrons. The Kier molecular flexibility index (Phi) is 5.27. The monoisotopic (exact) mass is 317 g/mol. The summed E-state index contributed by atoms with van der Waals surface area (Å²) in [7, 11) is -0.341. The second-order valence-corrected chi connectivity index (χ2v) is 8.64. The number of nitrogens with zero attached hydrogens (tertiary/aromatic N) is 3. The molecule has 6 nitrogen and oxygen atoms in total. The highest BCUT2D eigenvalue weighted by molar-refractivity contribution is 7.86. The molecule has 0 aromatic rings. The Hall–Kier alpha value is -0.660. The molecule has 2 heterocycles. The first-order valence-electron chi connectivity index (χ1n) is 7.78. The van der Waals surface area contributed by atoms with Crippen LogP contribution >= 0.6 is 0 Å². The summed E-state index contributed by atoms with van der Waals surface area (Å²) in [5, 5.41) is 0. The Morgan fingerprint density at radius 3 is 2.29 bits per heavy atom. The fourth-order valence-electron chi connectivity index (χ4n) is 3.07. The van der Waals surface area contributed by atoms with E-state index in [0.29, 0.717) is 19.0 Å². The van der Waals surface area contributed by atoms with Gasteiger partial charge >= 0.3 is 0 Å². The highest BCUT2D eigenvalue weighted by Crippen LogP contribution is 2.24. The van der Waals surface area contributed by atoms with Gasteiger partial charge in [0.2, 0.25) is 5.91 Å². The number of carbonyl (C=O) groups excluding carboxylic acids is 1. The molecular weight excluding hydrogens is 290 g/mol. The zero-order valence-electron chi connectivity index (χ0n) is 13.3. The van der Waals surface area contributed by atoms with E-state index in [1.54, 1.807) is 0 Å². The van der Waals surface area contributed by atoms with Crippen molar-refractivity contribution in [3.8, 4) is 0 Å². The Bertz CT molecular complexity index is 470. The van der Waals surface area contributed by atoms with Crippen LogP contribution in [-0.2, 0) is 15.0 Å². The fraction of sp³-hybridized carbons (Fsp3) is 0.929. The molecule has 2 saturated heterocycles. The van der Waals surface area contributed by atoms with Crippen molar-refractivity contribution < 1.29 is 13.2 Å². The predicted molar refractivity (Wildman–Crippen MR) is 81.9 cm³/mol. The van der Waals surface area contributed by atoms with Gasteiger partial charge in [0.1, 0.15) is 0 Å². The summed E-state index contributed by atoms with van der Waals surface area (Å²) < 4.78 is 27.1. The minimum absolute atomic E-state index is 0.139. The summed E-state index contributed by atoms with van der Waals surface area (Å²) in [6.07, 6.45) is 3.66. The summed E-state index contributed by atoms with van der Waals surface area (Å²) in [4.78, 5) is 14.5. The van der Waals surface area contributed by atoms with Gasteiger partial charge in [0.15, 0.2) is 0 Å². The Balaban J connectivity index is 1.99. The van der Waals surface area contributed by atoms with E-state index in [2.05, 4.69) is 6.92 Å². The molecule has 2 aliphatic rings. The van der Waals surface area contributed by atoms with Gasteiger partial charge in [-0.1, -0.05) is 6.92 Å². The van der Waals surface area contributed by atoms with E-state index < -0.39 is 10.2 Å². The van der Waals surface area contributed by atoms with Crippen molar-refractivity contribution in [2.45, 2.75) is 32.6 Å². The molecule has 0 aliphatic carbocycles. The molecule has 0 saturated carbocycles. The highest BCUT2D eigenvalue weighted by Gasteiger charge is 2.35. The lowest BCUT2D eigenvalue weighted by Crippen LogP contribution is -2.50. The maximum Gasteiger partial charge on any atom is 0.281 e. The van der Waals surface area contributed by atoms with E-state index >= 15 is 0 Å². The first kappa shape index (κ1) is 16.7. The van der Waals surface area contributed by atoms with Crippen LogP contribution in [0.2, 0.25) is 0 Å². The summed E-state index contributed by atoms with van der Waals surface area (Å²) in [6, 6.07) is 0. The summed E-state index contributed by atoms with van der Waals surface area (Å²) in [6.45, 7) is 4.69.